The van der Waals surface area contributed by atoms with E-state index in [2.05, 4.69) is 26.6 Å². The van der Waals surface area contributed by atoms with Crippen LogP contribution in [-0.2, 0) is 29.0 Å². The molecule has 2 atom stereocenters. The highest BCUT2D eigenvalue weighted by molar-refractivity contribution is 5.79. The van der Waals surface area contributed by atoms with E-state index in [-0.39, 0.29) is 5.92 Å². The number of hydrogen-bond donors (Lipinski definition) is 0. The van der Waals surface area contributed by atoms with Crippen molar-refractivity contribution in [3.63, 3.8) is 0 Å². The standard InChI is InChI=1S/C18H29N5O2/c1-14-11-21(12-15(14)18(24)22-7-9-25-10-8-22)13-17-20-19-16-5-3-2-4-6-23(16)17/h14-15H,2-13H2,1H3/t14-,15-/m1/s1. The molecule has 0 aromatic carbocycles. The maximum absolute atomic E-state index is 12.8. The molecule has 3 aliphatic rings. The monoisotopic (exact) mass is 347 g/mol. The zero-order valence-corrected chi connectivity index (χ0v) is 15.2. The van der Waals surface area contributed by atoms with Gasteiger partial charge in [-0.25, -0.2) is 0 Å². The van der Waals surface area contributed by atoms with Crippen molar-refractivity contribution >= 4 is 5.91 Å². The Labute approximate surface area is 149 Å². The van der Waals surface area contributed by atoms with Gasteiger partial charge in [0.15, 0.2) is 0 Å². The van der Waals surface area contributed by atoms with Crippen molar-refractivity contribution in [2.75, 3.05) is 39.4 Å². The van der Waals surface area contributed by atoms with Gasteiger partial charge in [-0.2, -0.15) is 0 Å². The molecule has 25 heavy (non-hydrogen) atoms. The van der Waals surface area contributed by atoms with Gasteiger partial charge in [0.25, 0.3) is 0 Å². The molecule has 1 aromatic rings. The molecule has 138 valence electrons. The van der Waals surface area contributed by atoms with Crippen LogP contribution in [0.4, 0.5) is 0 Å². The molecule has 2 fully saturated rings. The van der Waals surface area contributed by atoms with Gasteiger partial charge < -0.3 is 14.2 Å². The van der Waals surface area contributed by atoms with E-state index < -0.39 is 0 Å². The SMILES string of the molecule is C[C@@H]1CN(Cc2nnc3n2CCCCC3)C[C@H]1C(=O)N1CCOCC1. The van der Waals surface area contributed by atoms with Crippen LogP contribution in [0.25, 0.3) is 0 Å². The van der Waals surface area contributed by atoms with E-state index in [1.54, 1.807) is 0 Å². The summed E-state index contributed by atoms with van der Waals surface area (Å²) >= 11 is 0. The Morgan fingerprint density at radius 3 is 2.80 bits per heavy atom. The van der Waals surface area contributed by atoms with Crippen molar-refractivity contribution < 1.29 is 9.53 Å². The second kappa shape index (κ2) is 7.41. The third-order valence-electron chi connectivity index (χ3n) is 5.88. The predicted molar refractivity (Wildman–Crippen MR) is 92.9 cm³/mol. The molecule has 7 heteroatoms. The number of likely N-dealkylation sites (tertiary alicyclic amines) is 1. The quantitative estimate of drug-likeness (QED) is 0.814. The number of nitrogens with zero attached hydrogens (tertiary/aromatic N) is 5. The fraction of sp³-hybridized carbons (Fsp3) is 0.833. The fourth-order valence-electron chi connectivity index (χ4n) is 4.40. The van der Waals surface area contributed by atoms with E-state index >= 15 is 0 Å². The molecule has 0 bridgehead atoms. The summed E-state index contributed by atoms with van der Waals surface area (Å²) in [6.07, 6.45) is 4.75. The molecule has 4 heterocycles. The third kappa shape index (κ3) is 3.58. The first-order chi connectivity index (χ1) is 12.2. The van der Waals surface area contributed by atoms with Crippen molar-refractivity contribution in [3.05, 3.63) is 11.6 Å². The lowest BCUT2D eigenvalue weighted by molar-refractivity contribution is -0.140. The van der Waals surface area contributed by atoms with E-state index in [1.165, 1.54) is 19.3 Å². The number of carbonyl (C=O) groups excluding carboxylic acids is 1. The molecule has 0 radical (unpaired) electrons. The molecule has 7 nitrogen and oxygen atoms in total. The molecule has 0 unspecified atom stereocenters. The number of rotatable bonds is 3. The zero-order valence-electron chi connectivity index (χ0n) is 15.2. The Balaban J connectivity index is 1.40. The molecule has 0 spiro atoms. The third-order valence-corrected chi connectivity index (χ3v) is 5.88. The van der Waals surface area contributed by atoms with Crippen LogP contribution in [0.1, 0.15) is 37.8 Å². The lowest BCUT2D eigenvalue weighted by Crippen LogP contribution is -2.45. The Kier molecular flexibility index (Phi) is 5.03. The smallest absolute Gasteiger partial charge is 0.227 e. The summed E-state index contributed by atoms with van der Waals surface area (Å²) in [6.45, 7) is 8.65. The van der Waals surface area contributed by atoms with Crippen molar-refractivity contribution in [3.8, 4) is 0 Å². The fourth-order valence-corrected chi connectivity index (χ4v) is 4.40. The molecule has 3 aliphatic heterocycles. The average molecular weight is 347 g/mol. The van der Waals surface area contributed by atoms with E-state index in [1.807, 2.05) is 4.90 Å². The summed E-state index contributed by atoms with van der Waals surface area (Å²) < 4.78 is 7.69. The van der Waals surface area contributed by atoms with Gasteiger partial charge in [0, 0.05) is 39.1 Å². The van der Waals surface area contributed by atoms with Crippen LogP contribution in [0.2, 0.25) is 0 Å². The van der Waals surface area contributed by atoms with Gasteiger partial charge in [-0.15, -0.1) is 10.2 Å². The van der Waals surface area contributed by atoms with Gasteiger partial charge in [0.2, 0.25) is 5.91 Å². The molecular formula is C18H29N5O2. The minimum absolute atomic E-state index is 0.102. The van der Waals surface area contributed by atoms with Gasteiger partial charge in [-0.1, -0.05) is 13.3 Å². The molecular weight excluding hydrogens is 318 g/mol. The molecule has 1 amide bonds. The van der Waals surface area contributed by atoms with Crippen LogP contribution in [0.3, 0.4) is 0 Å². The van der Waals surface area contributed by atoms with Crippen molar-refractivity contribution in [2.45, 2.75) is 45.7 Å². The van der Waals surface area contributed by atoms with E-state index in [0.717, 1.165) is 57.3 Å². The summed E-state index contributed by atoms with van der Waals surface area (Å²) in [6, 6.07) is 0. The number of amides is 1. The van der Waals surface area contributed by atoms with Crippen LogP contribution in [-0.4, -0.2) is 69.9 Å². The molecule has 0 N–H and O–H groups in total. The van der Waals surface area contributed by atoms with Crippen LogP contribution in [0, 0.1) is 11.8 Å². The summed E-state index contributed by atoms with van der Waals surface area (Å²) in [5, 5.41) is 8.85. The first kappa shape index (κ1) is 17.0. The summed E-state index contributed by atoms with van der Waals surface area (Å²) in [5.74, 6) is 3.01. The van der Waals surface area contributed by atoms with Crippen LogP contribution < -0.4 is 0 Å². The average Bonchev–Trinajstić information content (AvgIpc) is 3.09. The van der Waals surface area contributed by atoms with Gasteiger partial charge in [-0.05, 0) is 18.8 Å². The summed E-state index contributed by atoms with van der Waals surface area (Å²) in [5.41, 5.74) is 0. The number of hydrogen-bond acceptors (Lipinski definition) is 5. The molecule has 0 aliphatic carbocycles. The Morgan fingerprint density at radius 2 is 1.96 bits per heavy atom. The highest BCUT2D eigenvalue weighted by Gasteiger charge is 2.37. The van der Waals surface area contributed by atoms with Crippen LogP contribution >= 0.6 is 0 Å². The molecule has 0 saturated carbocycles. The number of fused-ring (bicyclic) bond motifs is 1. The van der Waals surface area contributed by atoms with Gasteiger partial charge in [-0.3, -0.25) is 9.69 Å². The zero-order chi connectivity index (χ0) is 17.2. The lowest BCUT2D eigenvalue weighted by Gasteiger charge is -2.30. The van der Waals surface area contributed by atoms with E-state index in [9.17, 15) is 4.79 Å². The van der Waals surface area contributed by atoms with E-state index in [0.29, 0.717) is 25.0 Å². The largest absolute Gasteiger partial charge is 0.378 e. The maximum atomic E-state index is 12.8. The van der Waals surface area contributed by atoms with Crippen molar-refractivity contribution in [2.24, 2.45) is 11.8 Å². The Hall–Kier alpha value is -1.47. The van der Waals surface area contributed by atoms with E-state index in [4.69, 9.17) is 4.74 Å². The first-order valence-corrected chi connectivity index (χ1v) is 9.72. The molecule has 1 aromatic heterocycles. The number of ether oxygens (including phenoxy) is 1. The number of aromatic nitrogens is 3. The van der Waals surface area contributed by atoms with Gasteiger partial charge in [0.1, 0.15) is 11.6 Å². The second-order valence-electron chi connectivity index (χ2n) is 7.71. The minimum atomic E-state index is 0.102. The number of aryl methyl sites for hydroxylation is 1. The van der Waals surface area contributed by atoms with Crippen LogP contribution in [0.5, 0.6) is 0 Å². The van der Waals surface area contributed by atoms with Crippen molar-refractivity contribution in [1.29, 1.82) is 0 Å². The van der Waals surface area contributed by atoms with Gasteiger partial charge >= 0.3 is 0 Å². The highest BCUT2D eigenvalue weighted by Crippen LogP contribution is 2.27. The number of carbonyl (C=O) groups is 1. The van der Waals surface area contributed by atoms with Crippen molar-refractivity contribution in [1.82, 2.24) is 24.6 Å². The summed E-state index contributed by atoms with van der Waals surface area (Å²) in [7, 11) is 0. The topological polar surface area (TPSA) is 63.5 Å². The predicted octanol–water partition coefficient (Wildman–Crippen LogP) is 0.931. The van der Waals surface area contributed by atoms with Crippen LogP contribution in [0.15, 0.2) is 0 Å². The first-order valence-electron chi connectivity index (χ1n) is 9.72. The Morgan fingerprint density at radius 1 is 1.12 bits per heavy atom. The molecule has 2 saturated heterocycles. The maximum Gasteiger partial charge on any atom is 0.227 e. The van der Waals surface area contributed by atoms with Gasteiger partial charge in [0.05, 0.1) is 25.7 Å². The minimum Gasteiger partial charge on any atom is -0.378 e. The summed E-state index contributed by atoms with van der Waals surface area (Å²) in [4.78, 5) is 17.2. The molecule has 4 rings (SSSR count). The lowest BCUT2D eigenvalue weighted by atomic mass is 9.96. The Bertz CT molecular complexity index is 611. The number of morpholine rings is 1. The normalized spacial score (nSPS) is 28.0. The second-order valence-corrected chi connectivity index (χ2v) is 7.71. The highest BCUT2D eigenvalue weighted by atomic mass is 16.5.